The van der Waals surface area contributed by atoms with Crippen LogP contribution in [0.3, 0.4) is 0 Å². The number of aromatic nitrogens is 6. The van der Waals surface area contributed by atoms with E-state index in [1.54, 1.807) is 12.4 Å². The summed E-state index contributed by atoms with van der Waals surface area (Å²) in [7, 11) is 0. The molecule has 0 amide bonds. The average Bonchev–Trinajstić information content (AvgIpc) is 3.07. The van der Waals surface area contributed by atoms with E-state index in [2.05, 4.69) is 58.5 Å². The maximum Gasteiger partial charge on any atom is 0.164 e. The van der Waals surface area contributed by atoms with E-state index in [4.69, 9.17) is 19.9 Å². The van der Waals surface area contributed by atoms with Crippen molar-refractivity contribution in [3.8, 4) is 45.4 Å². The van der Waals surface area contributed by atoms with Gasteiger partial charge in [0.2, 0.25) is 0 Å². The number of hydrogen-bond acceptors (Lipinski definition) is 6. The molecule has 42 heavy (non-hydrogen) atoms. The lowest BCUT2D eigenvalue weighted by Crippen LogP contribution is -2.01. The number of fused-ring (bicyclic) bond motifs is 3. The van der Waals surface area contributed by atoms with E-state index in [0.29, 0.717) is 17.5 Å². The normalized spacial score (nSPS) is 11.3. The largest absolute Gasteiger partial charge is 0.256 e. The highest BCUT2D eigenvalue weighted by Gasteiger charge is 2.16. The van der Waals surface area contributed by atoms with Crippen LogP contribution in [0.1, 0.15) is 0 Å². The zero-order valence-corrected chi connectivity index (χ0v) is 22.4. The van der Waals surface area contributed by atoms with Gasteiger partial charge in [-0.15, -0.1) is 0 Å². The highest BCUT2D eigenvalue weighted by Crippen LogP contribution is 2.32. The van der Waals surface area contributed by atoms with Crippen LogP contribution in [-0.2, 0) is 0 Å². The lowest BCUT2D eigenvalue weighted by molar-refractivity contribution is 1.08. The van der Waals surface area contributed by atoms with Crippen molar-refractivity contribution in [3.05, 3.63) is 134 Å². The van der Waals surface area contributed by atoms with Crippen molar-refractivity contribution in [3.63, 3.8) is 0 Å². The maximum absolute atomic E-state index is 5.01. The van der Waals surface area contributed by atoms with Gasteiger partial charge < -0.3 is 0 Å². The molecule has 196 valence electrons. The molecule has 0 N–H and O–H groups in total. The van der Waals surface area contributed by atoms with Crippen LogP contribution < -0.4 is 0 Å². The quantitative estimate of drug-likeness (QED) is 0.225. The van der Waals surface area contributed by atoms with Gasteiger partial charge in [0.05, 0.1) is 16.7 Å². The molecule has 4 heterocycles. The summed E-state index contributed by atoms with van der Waals surface area (Å²) in [6.07, 6.45) is 5.46. The fourth-order valence-corrected chi connectivity index (χ4v) is 5.45. The van der Waals surface area contributed by atoms with Crippen molar-refractivity contribution in [2.75, 3.05) is 0 Å². The van der Waals surface area contributed by atoms with Gasteiger partial charge in [0.25, 0.3) is 0 Å². The predicted octanol–water partition coefficient (Wildman–Crippen LogP) is 8.18. The molecular weight excluding hydrogens is 516 g/mol. The smallest absolute Gasteiger partial charge is 0.164 e. The third-order valence-corrected chi connectivity index (χ3v) is 7.51. The number of benzene rings is 4. The number of rotatable bonds is 4. The summed E-state index contributed by atoms with van der Waals surface area (Å²) in [5, 5.41) is 4.25. The van der Waals surface area contributed by atoms with Crippen LogP contribution in [-0.4, -0.2) is 29.9 Å². The monoisotopic (exact) mass is 538 g/mol. The Labute approximate surface area is 241 Å². The van der Waals surface area contributed by atoms with Crippen molar-refractivity contribution in [2.45, 2.75) is 0 Å². The molecule has 0 aliphatic heterocycles. The van der Waals surface area contributed by atoms with E-state index < -0.39 is 0 Å². The Kier molecular flexibility index (Phi) is 5.67. The summed E-state index contributed by atoms with van der Waals surface area (Å²) in [5.74, 6) is 1.78. The number of pyridine rings is 3. The molecule has 0 fully saturated rings. The summed E-state index contributed by atoms with van der Waals surface area (Å²) in [6.45, 7) is 0. The average molecular weight is 539 g/mol. The Hall–Kier alpha value is -5.88. The third-order valence-electron chi connectivity index (χ3n) is 7.51. The van der Waals surface area contributed by atoms with E-state index in [1.165, 1.54) is 0 Å². The second kappa shape index (κ2) is 9.94. The van der Waals surface area contributed by atoms with Crippen LogP contribution >= 0.6 is 0 Å². The SMILES string of the molecule is c1ccc2c(-c3ccc(-c4nc(-c5ccnc6ccccc56)nc(-c5ccnc6ccccc56)n4)cc3)nccc2c1. The predicted molar refractivity (Wildman–Crippen MR) is 167 cm³/mol. The Morgan fingerprint density at radius 3 is 1.50 bits per heavy atom. The Morgan fingerprint density at radius 1 is 0.357 bits per heavy atom. The molecule has 0 unspecified atom stereocenters. The molecule has 0 aliphatic carbocycles. The fraction of sp³-hybridized carbons (Fsp3) is 0. The molecule has 0 saturated heterocycles. The molecule has 0 aliphatic rings. The lowest BCUT2D eigenvalue weighted by atomic mass is 10.0. The van der Waals surface area contributed by atoms with Crippen LogP contribution in [0, 0.1) is 0 Å². The van der Waals surface area contributed by atoms with Crippen LogP contribution in [0.5, 0.6) is 0 Å². The molecule has 0 saturated carbocycles. The van der Waals surface area contributed by atoms with Gasteiger partial charge in [-0.2, -0.15) is 0 Å². The Balaban J connectivity index is 1.31. The second-order valence-electron chi connectivity index (χ2n) is 10.0. The van der Waals surface area contributed by atoms with E-state index in [-0.39, 0.29) is 0 Å². The van der Waals surface area contributed by atoms with Crippen LogP contribution in [0.4, 0.5) is 0 Å². The zero-order valence-electron chi connectivity index (χ0n) is 22.4. The van der Waals surface area contributed by atoms with Gasteiger partial charge in [0, 0.05) is 57.0 Å². The van der Waals surface area contributed by atoms with Gasteiger partial charge in [0.1, 0.15) is 0 Å². The topological polar surface area (TPSA) is 77.3 Å². The molecular formula is C36H22N6. The number of para-hydroxylation sites is 2. The highest BCUT2D eigenvalue weighted by atomic mass is 15.0. The Morgan fingerprint density at radius 2 is 0.857 bits per heavy atom. The Bertz CT molecular complexity index is 2150. The molecule has 4 aromatic carbocycles. The first-order valence-corrected chi connectivity index (χ1v) is 13.7. The molecule has 0 radical (unpaired) electrons. The molecule has 6 heteroatoms. The minimum absolute atomic E-state index is 0.592. The summed E-state index contributed by atoms with van der Waals surface area (Å²) < 4.78 is 0. The minimum Gasteiger partial charge on any atom is -0.256 e. The van der Waals surface area contributed by atoms with Gasteiger partial charge in [-0.05, 0) is 35.7 Å². The van der Waals surface area contributed by atoms with E-state index >= 15 is 0 Å². The molecule has 8 rings (SSSR count). The lowest BCUT2D eigenvalue weighted by Gasteiger charge is -2.11. The highest BCUT2D eigenvalue weighted by molar-refractivity contribution is 5.96. The first kappa shape index (κ1) is 24.0. The summed E-state index contributed by atoms with van der Waals surface area (Å²) in [4.78, 5) is 28.8. The number of hydrogen-bond donors (Lipinski definition) is 0. The van der Waals surface area contributed by atoms with Gasteiger partial charge >= 0.3 is 0 Å². The molecule has 0 bridgehead atoms. The van der Waals surface area contributed by atoms with Crippen molar-refractivity contribution in [1.82, 2.24) is 29.9 Å². The minimum atomic E-state index is 0.592. The molecule has 4 aromatic heterocycles. The van der Waals surface area contributed by atoms with Crippen LogP contribution in [0.2, 0.25) is 0 Å². The molecule has 8 aromatic rings. The van der Waals surface area contributed by atoms with Crippen molar-refractivity contribution in [2.24, 2.45) is 0 Å². The van der Waals surface area contributed by atoms with Crippen LogP contribution in [0.25, 0.3) is 78.0 Å². The molecule has 0 atom stereocenters. The number of nitrogens with zero attached hydrogens (tertiary/aromatic N) is 6. The summed E-state index contributed by atoms with van der Waals surface area (Å²) in [5.41, 5.74) is 6.45. The van der Waals surface area contributed by atoms with Crippen LogP contribution in [0.15, 0.2) is 134 Å². The zero-order chi connectivity index (χ0) is 27.9. The van der Waals surface area contributed by atoms with Crippen molar-refractivity contribution in [1.29, 1.82) is 0 Å². The third kappa shape index (κ3) is 4.14. The van der Waals surface area contributed by atoms with Crippen molar-refractivity contribution >= 4 is 32.6 Å². The van der Waals surface area contributed by atoms with E-state index in [1.807, 2.05) is 72.9 Å². The molecule has 6 nitrogen and oxygen atoms in total. The summed E-state index contributed by atoms with van der Waals surface area (Å²) in [6, 6.07) is 38.6. The van der Waals surface area contributed by atoms with Gasteiger partial charge in [-0.25, -0.2) is 15.0 Å². The van der Waals surface area contributed by atoms with Gasteiger partial charge in [0.15, 0.2) is 17.5 Å². The standard InChI is InChI=1S/C36H22N6/c1-2-8-26-23(7-1)17-20-39-33(26)24-13-15-25(16-14-24)34-40-35(29-18-21-37-31-11-5-3-9-27(29)31)42-36(41-34)30-19-22-38-32-12-6-4-10-28(30)32/h1-22H. The second-order valence-corrected chi connectivity index (χ2v) is 10.0. The summed E-state index contributed by atoms with van der Waals surface area (Å²) >= 11 is 0. The first-order valence-electron chi connectivity index (χ1n) is 13.7. The van der Waals surface area contributed by atoms with E-state index in [9.17, 15) is 0 Å². The maximum atomic E-state index is 5.01. The van der Waals surface area contributed by atoms with Crippen molar-refractivity contribution < 1.29 is 0 Å². The molecule has 0 spiro atoms. The fourth-order valence-electron chi connectivity index (χ4n) is 5.45. The van der Waals surface area contributed by atoms with Gasteiger partial charge in [-0.1, -0.05) is 84.9 Å². The van der Waals surface area contributed by atoms with E-state index in [0.717, 1.165) is 60.5 Å². The van der Waals surface area contributed by atoms with Gasteiger partial charge in [-0.3, -0.25) is 15.0 Å². The first-order chi connectivity index (χ1) is 20.8.